The first-order chi connectivity index (χ1) is 5.26. The van der Waals surface area contributed by atoms with Gasteiger partial charge in [-0.05, 0) is 18.9 Å². The van der Waals surface area contributed by atoms with Crippen LogP contribution in [0.25, 0.3) is 0 Å². The predicted molar refractivity (Wildman–Crippen MR) is 48.5 cm³/mol. The Kier molecular flexibility index (Phi) is 5.81. The summed E-state index contributed by atoms with van der Waals surface area (Å²) in [5.74, 6) is 0.438. The molecule has 0 rings (SSSR count). The standard InChI is InChI=1S/C10H18O/c1-4-7-8-9(5-2)10(11)6-3/h6,9H,3-5,7-8H2,1-2H3/t9-/m0/s1. The molecule has 0 saturated carbocycles. The molecule has 0 unspecified atom stereocenters. The van der Waals surface area contributed by atoms with Crippen LogP contribution in [0.4, 0.5) is 0 Å². The summed E-state index contributed by atoms with van der Waals surface area (Å²) in [6.07, 6.45) is 5.74. The highest BCUT2D eigenvalue weighted by molar-refractivity contribution is 5.91. The van der Waals surface area contributed by atoms with Gasteiger partial charge in [-0.1, -0.05) is 33.3 Å². The average molecular weight is 154 g/mol. The topological polar surface area (TPSA) is 17.1 Å². The summed E-state index contributed by atoms with van der Waals surface area (Å²) in [6, 6.07) is 0. The van der Waals surface area contributed by atoms with Crippen molar-refractivity contribution in [3.8, 4) is 0 Å². The molecule has 0 aliphatic heterocycles. The van der Waals surface area contributed by atoms with Crippen LogP contribution >= 0.6 is 0 Å². The molecule has 0 radical (unpaired) electrons. The number of rotatable bonds is 6. The van der Waals surface area contributed by atoms with Gasteiger partial charge in [-0.3, -0.25) is 4.79 Å². The SMILES string of the molecule is C=CC(=O)[C@@H](CC)CCCC. The Balaban J connectivity index is 3.74. The minimum Gasteiger partial charge on any atom is -0.295 e. The van der Waals surface area contributed by atoms with Gasteiger partial charge < -0.3 is 0 Å². The third kappa shape index (κ3) is 3.97. The molecular weight excluding hydrogens is 136 g/mol. The van der Waals surface area contributed by atoms with Crippen LogP contribution in [-0.4, -0.2) is 5.78 Å². The van der Waals surface area contributed by atoms with Gasteiger partial charge in [0.05, 0.1) is 0 Å². The molecule has 0 saturated heterocycles. The maximum Gasteiger partial charge on any atom is 0.158 e. The largest absolute Gasteiger partial charge is 0.295 e. The monoisotopic (exact) mass is 154 g/mol. The average Bonchev–Trinajstić information content (AvgIpc) is 2.05. The van der Waals surface area contributed by atoms with Crippen molar-refractivity contribution in [1.82, 2.24) is 0 Å². The van der Waals surface area contributed by atoms with Crippen molar-refractivity contribution in [1.29, 1.82) is 0 Å². The van der Waals surface area contributed by atoms with Crippen LogP contribution in [0.1, 0.15) is 39.5 Å². The molecule has 0 heterocycles. The van der Waals surface area contributed by atoms with E-state index in [0.29, 0.717) is 0 Å². The van der Waals surface area contributed by atoms with Crippen molar-refractivity contribution in [3.63, 3.8) is 0 Å². The van der Waals surface area contributed by atoms with E-state index in [2.05, 4.69) is 20.4 Å². The van der Waals surface area contributed by atoms with Gasteiger partial charge in [-0.2, -0.15) is 0 Å². The third-order valence-electron chi connectivity index (χ3n) is 2.00. The van der Waals surface area contributed by atoms with Crippen LogP contribution in [0.15, 0.2) is 12.7 Å². The molecule has 0 bridgehead atoms. The lowest BCUT2D eigenvalue weighted by Crippen LogP contribution is -2.10. The number of ketones is 1. The van der Waals surface area contributed by atoms with E-state index in [4.69, 9.17) is 0 Å². The van der Waals surface area contributed by atoms with Crippen molar-refractivity contribution in [2.45, 2.75) is 39.5 Å². The van der Waals surface area contributed by atoms with Gasteiger partial charge in [0.1, 0.15) is 0 Å². The first-order valence-electron chi connectivity index (χ1n) is 4.42. The zero-order chi connectivity index (χ0) is 8.69. The lowest BCUT2D eigenvalue weighted by molar-refractivity contribution is -0.118. The van der Waals surface area contributed by atoms with Gasteiger partial charge in [0, 0.05) is 5.92 Å². The summed E-state index contributed by atoms with van der Waals surface area (Å²) >= 11 is 0. The van der Waals surface area contributed by atoms with Crippen molar-refractivity contribution in [2.24, 2.45) is 5.92 Å². The molecule has 0 aliphatic carbocycles. The van der Waals surface area contributed by atoms with Gasteiger partial charge in [0.2, 0.25) is 0 Å². The molecule has 0 amide bonds. The van der Waals surface area contributed by atoms with E-state index in [0.717, 1.165) is 19.3 Å². The minimum atomic E-state index is 0.209. The highest BCUT2D eigenvalue weighted by atomic mass is 16.1. The second-order valence-electron chi connectivity index (χ2n) is 2.85. The van der Waals surface area contributed by atoms with E-state index in [1.165, 1.54) is 12.5 Å². The number of carbonyl (C=O) groups is 1. The lowest BCUT2D eigenvalue weighted by Gasteiger charge is -2.09. The van der Waals surface area contributed by atoms with E-state index >= 15 is 0 Å². The number of allylic oxidation sites excluding steroid dienone is 1. The van der Waals surface area contributed by atoms with E-state index in [1.807, 2.05) is 0 Å². The smallest absolute Gasteiger partial charge is 0.158 e. The van der Waals surface area contributed by atoms with Crippen LogP contribution in [0, 0.1) is 5.92 Å². The van der Waals surface area contributed by atoms with Crippen LogP contribution in [0.2, 0.25) is 0 Å². The number of carbonyl (C=O) groups excluding carboxylic acids is 1. The molecule has 64 valence electrons. The Morgan fingerprint density at radius 1 is 1.55 bits per heavy atom. The van der Waals surface area contributed by atoms with Crippen molar-refractivity contribution >= 4 is 5.78 Å². The van der Waals surface area contributed by atoms with Crippen molar-refractivity contribution < 1.29 is 4.79 Å². The Labute approximate surface area is 69.5 Å². The summed E-state index contributed by atoms with van der Waals surface area (Å²) in [6.45, 7) is 7.69. The molecule has 0 aromatic carbocycles. The quantitative estimate of drug-likeness (QED) is 0.537. The highest BCUT2D eigenvalue weighted by Crippen LogP contribution is 2.13. The molecule has 0 aromatic heterocycles. The molecule has 1 heteroatoms. The van der Waals surface area contributed by atoms with Gasteiger partial charge in [-0.15, -0.1) is 0 Å². The zero-order valence-electron chi connectivity index (χ0n) is 7.60. The third-order valence-corrected chi connectivity index (χ3v) is 2.00. The van der Waals surface area contributed by atoms with Crippen LogP contribution in [-0.2, 0) is 4.79 Å². The predicted octanol–water partition coefficient (Wildman–Crippen LogP) is 2.96. The molecule has 1 nitrogen and oxygen atoms in total. The highest BCUT2D eigenvalue weighted by Gasteiger charge is 2.11. The maximum atomic E-state index is 11.1. The summed E-state index contributed by atoms with van der Waals surface area (Å²) in [5.41, 5.74) is 0. The lowest BCUT2D eigenvalue weighted by atomic mass is 9.95. The fourth-order valence-corrected chi connectivity index (χ4v) is 1.16. The zero-order valence-corrected chi connectivity index (χ0v) is 7.60. The van der Waals surface area contributed by atoms with E-state index in [9.17, 15) is 4.79 Å². The number of hydrogen-bond donors (Lipinski definition) is 0. The first kappa shape index (κ1) is 10.4. The normalized spacial score (nSPS) is 12.5. The van der Waals surface area contributed by atoms with Crippen LogP contribution in [0.5, 0.6) is 0 Å². The van der Waals surface area contributed by atoms with Gasteiger partial charge in [0.25, 0.3) is 0 Å². The Bertz CT molecular complexity index is 127. The number of hydrogen-bond acceptors (Lipinski definition) is 1. The van der Waals surface area contributed by atoms with E-state index in [-0.39, 0.29) is 11.7 Å². The molecule has 1 atom stereocenters. The molecule has 0 spiro atoms. The van der Waals surface area contributed by atoms with Gasteiger partial charge in [-0.25, -0.2) is 0 Å². The van der Waals surface area contributed by atoms with Crippen molar-refractivity contribution in [2.75, 3.05) is 0 Å². The summed E-state index contributed by atoms with van der Waals surface area (Å²) in [4.78, 5) is 11.1. The summed E-state index contributed by atoms with van der Waals surface area (Å²) in [5, 5.41) is 0. The first-order valence-corrected chi connectivity index (χ1v) is 4.42. The van der Waals surface area contributed by atoms with Gasteiger partial charge >= 0.3 is 0 Å². The molecule has 11 heavy (non-hydrogen) atoms. The molecule has 0 N–H and O–H groups in total. The van der Waals surface area contributed by atoms with Crippen LogP contribution < -0.4 is 0 Å². The summed E-state index contributed by atoms with van der Waals surface area (Å²) in [7, 11) is 0. The van der Waals surface area contributed by atoms with E-state index < -0.39 is 0 Å². The number of unbranched alkanes of at least 4 members (excludes halogenated alkanes) is 1. The second kappa shape index (κ2) is 6.14. The molecule has 0 aromatic rings. The minimum absolute atomic E-state index is 0.209. The molecule has 0 fully saturated rings. The molecule has 0 aliphatic rings. The summed E-state index contributed by atoms with van der Waals surface area (Å²) < 4.78 is 0. The van der Waals surface area contributed by atoms with Gasteiger partial charge in [0.15, 0.2) is 5.78 Å². The van der Waals surface area contributed by atoms with Crippen molar-refractivity contribution in [3.05, 3.63) is 12.7 Å². The fourth-order valence-electron chi connectivity index (χ4n) is 1.16. The fraction of sp³-hybridized carbons (Fsp3) is 0.700. The Hall–Kier alpha value is -0.590. The Morgan fingerprint density at radius 2 is 2.18 bits per heavy atom. The molecular formula is C10H18O. The maximum absolute atomic E-state index is 11.1. The second-order valence-corrected chi connectivity index (χ2v) is 2.85. The van der Waals surface area contributed by atoms with E-state index in [1.54, 1.807) is 0 Å². The van der Waals surface area contributed by atoms with Crippen LogP contribution in [0.3, 0.4) is 0 Å². The Morgan fingerprint density at radius 3 is 2.55 bits per heavy atom.